The highest BCUT2D eigenvalue weighted by Gasteiger charge is 2.26. The van der Waals surface area contributed by atoms with Gasteiger partial charge in [-0.2, -0.15) is 0 Å². The van der Waals surface area contributed by atoms with E-state index in [2.05, 4.69) is 26.0 Å². The fourth-order valence-corrected chi connectivity index (χ4v) is 6.02. The molecule has 0 bridgehead atoms. The van der Waals surface area contributed by atoms with Crippen LogP contribution in [0.2, 0.25) is 0 Å². The van der Waals surface area contributed by atoms with Crippen LogP contribution in [-0.4, -0.2) is 71.7 Å². The Labute approximate surface area is 344 Å². The second-order valence-electron chi connectivity index (χ2n) is 13.9. The van der Waals surface area contributed by atoms with Crippen LogP contribution in [0.15, 0.2) is 85.1 Å². The van der Waals surface area contributed by atoms with Gasteiger partial charge in [-0.25, -0.2) is 4.57 Å². The molecule has 0 spiro atoms. The monoisotopic (exact) mass is 822 g/mol. The number of phosphoric acid groups is 1. The van der Waals surface area contributed by atoms with Crippen molar-refractivity contribution in [3.63, 3.8) is 0 Å². The first-order chi connectivity index (χ1) is 27.6. The van der Waals surface area contributed by atoms with Crippen LogP contribution in [0.3, 0.4) is 0 Å². The first-order valence-corrected chi connectivity index (χ1v) is 22.8. The summed E-state index contributed by atoms with van der Waals surface area (Å²) in [5.74, 6) is -1.03. The van der Waals surface area contributed by atoms with Crippen molar-refractivity contribution in [1.29, 1.82) is 0 Å². The molecule has 0 aliphatic carbocycles. The Morgan fingerprint density at radius 2 is 1.26 bits per heavy atom. The van der Waals surface area contributed by atoms with Gasteiger partial charge in [0.05, 0.1) is 25.4 Å². The predicted molar refractivity (Wildman–Crippen MR) is 231 cm³/mol. The number of esters is 2. The second-order valence-corrected chi connectivity index (χ2v) is 15.3. The fraction of sp³-hybridized carbons (Fsp3) is 0.644. The van der Waals surface area contributed by atoms with Crippen molar-refractivity contribution in [3.8, 4) is 0 Å². The molecule has 0 rings (SSSR count). The molecule has 1 unspecified atom stereocenters. The number of phosphoric ester groups is 1. The molecule has 0 saturated heterocycles. The number of aliphatic hydroxyl groups excluding tert-OH is 2. The lowest BCUT2D eigenvalue weighted by Gasteiger charge is -2.19. The lowest BCUT2D eigenvalue weighted by Crippen LogP contribution is -2.29. The molecule has 5 N–H and O–H groups in total. The molecule has 0 amide bonds. The molecule has 4 atom stereocenters. The van der Waals surface area contributed by atoms with Gasteiger partial charge in [0.25, 0.3) is 0 Å². The summed E-state index contributed by atoms with van der Waals surface area (Å²) in [4.78, 5) is 34.8. The van der Waals surface area contributed by atoms with Gasteiger partial charge in [-0.05, 0) is 64.2 Å². The van der Waals surface area contributed by atoms with Crippen molar-refractivity contribution >= 4 is 19.8 Å². The standard InChI is InChI=1S/C45H76NO10P/c1-3-5-7-8-9-10-11-12-13-14-15-16-20-23-29-35-44(49)53-39-43(40-55-57(51,52)54-38-37-46)56-45(50)36-30-24-28-34-42(48)33-27-22-19-17-18-21-26-32-41(47)31-25-6-4-2/h6,12-13,18-19,21-22,25-28,32-34,41-43,47-48H,3-5,7-11,14-17,20,23-24,29-31,35-40,46H2,1-2H3,(H,51,52)/b13-12-,21-18-,22-19-,25-6-,32-26+,33-27+,34-28-/t41-,42-,43+/m0/s1. The summed E-state index contributed by atoms with van der Waals surface area (Å²) in [5.41, 5.74) is 5.33. The highest BCUT2D eigenvalue weighted by atomic mass is 31.2. The Morgan fingerprint density at radius 3 is 1.93 bits per heavy atom. The summed E-state index contributed by atoms with van der Waals surface area (Å²) in [6.45, 7) is 3.28. The summed E-state index contributed by atoms with van der Waals surface area (Å²) in [6, 6.07) is 0. The van der Waals surface area contributed by atoms with E-state index in [0.29, 0.717) is 32.1 Å². The highest BCUT2D eigenvalue weighted by Crippen LogP contribution is 2.43. The average molecular weight is 822 g/mol. The Bertz CT molecular complexity index is 1240. The van der Waals surface area contributed by atoms with Gasteiger partial charge >= 0.3 is 19.8 Å². The molecule has 0 fully saturated rings. The maximum atomic E-state index is 12.6. The summed E-state index contributed by atoms with van der Waals surface area (Å²) < 4.78 is 32.6. The minimum Gasteiger partial charge on any atom is -0.462 e. The van der Waals surface area contributed by atoms with Crippen molar-refractivity contribution in [2.24, 2.45) is 5.73 Å². The van der Waals surface area contributed by atoms with Gasteiger partial charge in [-0.15, -0.1) is 0 Å². The van der Waals surface area contributed by atoms with Crippen molar-refractivity contribution in [1.82, 2.24) is 0 Å². The van der Waals surface area contributed by atoms with Crippen LogP contribution in [0.5, 0.6) is 0 Å². The third-order valence-corrected chi connectivity index (χ3v) is 9.42. The van der Waals surface area contributed by atoms with E-state index >= 15 is 0 Å². The zero-order chi connectivity index (χ0) is 42.1. The number of nitrogens with two attached hydrogens (primary N) is 1. The van der Waals surface area contributed by atoms with E-state index < -0.39 is 44.7 Å². The molecule has 0 aromatic heterocycles. The van der Waals surface area contributed by atoms with Crippen LogP contribution in [0.4, 0.5) is 0 Å². The second kappa shape index (κ2) is 39.9. The number of aliphatic hydroxyl groups is 2. The third kappa shape index (κ3) is 39.7. The number of carbonyl (C=O) groups is 2. The number of hydrogen-bond donors (Lipinski definition) is 4. The van der Waals surface area contributed by atoms with Crippen LogP contribution < -0.4 is 5.73 Å². The van der Waals surface area contributed by atoms with Gasteiger partial charge in [-0.1, -0.05) is 150 Å². The maximum absolute atomic E-state index is 12.6. The topological polar surface area (TPSA) is 175 Å². The molecule has 0 aromatic rings. The minimum atomic E-state index is -4.44. The van der Waals surface area contributed by atoms with Gasteiger partial charge in [0.1, 0.15) is 6.61 Å². The van der Waals surface area contributed by atoms with Crippen LogP contribution >= 0.6 is 7.82 Å². The van der Waals surface area contributed by atoms with E-state index in [9.17, 15) is 29.3 Å². The number of rotatable bonds is 38. The summed E-state index contributed by atoms with van der Waals surface area (Å²) in [7, 11) is -4.44. The predicted octanol–water partition coefficient (Wildman–Crippen LogP) is 9.99. The van der Waals surface area contributed by atoms with Crippen molar-refractivity contribution in [2.75, 3.05) is 26.4 Å². The third-order valence-electron chi connectivity index (χ3n) is 8.44. The number of unbranched alkanes of at least 4 members (excludes halogenated alkanes) is 12. The van der Waals surface area contributed by atoms with E-state index in [4.69, 9.17) is 24.3 Å². The van der Waals surface area contributed by atoms with Crippen molar-refractivity contribution in [2.45, 2.75) is 161 Å². The van der Waals surface area contributed by atoms with Crippen LogP contribution in [0.1, 0.15) is 142 Å². The average Bonchev–Trinajstić information content (AvgIpc) is 3.18. The van der Waals surface area contributed by atoms with E-state index in [1.165, 1.54) is 38.5 Å². The summed E-state index contributed by atoms with van der Waals surface area (Å²) in [5, 5.41) is 20.0. The van der Waals surface area contributed by atoms with Crippen molar-refractivity contribution < 1.29 is 47.8 Å². The molecule has 0 radical (unpaired) electrons. The number of hydrogen-bond acceptors (Lipinski definition) is 10. The van der Waals surface area contributed by atoms with E-state index in [1.54, 1.807) is 30.4 Å². The maximum Gasteiger partial charge on any atom is 0.472 e. The SMILES string of the molecule is CC/C=C\C[C@H](O)/C=C/C=C\C/C=C\C=C\[C@H](O)/C=C\CCCC(=O)O[C@H](COC(=O)CCCCCCC/C=C\CCCCCCCC)COP(=O)(O)OCCN. The molecule has 11 nitrogen and oxygen atoms in total. The quantitative estimate of drug-likeness (QED) is 0.0153. The zero-order valence-corrected chi connectivity index (χ0v) is 35.9. The highest BCUT2D eigenvalue weighted by molar-refractivity contribution is 7.47. The lowest BCUT2D eigenvalue weighted by atomic mass is 10.1. The van der Waals surface area contributed by atoms with Gasteiger partial charge in [0, 0.05) is 19.4 Å². The Kier molecular flexibility index (Phi) is 37.9. The van der Waals surface area contributed by atoms with Gasteiger partial charge in [-0.3, -0.25) is 18.6 Å². The number of carbonyl (C=O) groups excluding carboxylic acids is 2. The van der Waals surface area contributed by atoms with E-state index in [1.807, 2.05) is 42.5 Å². The Hall–Kier alpha value is -2.89. The molecule has 0 heterocycles. The molecular weight excluding hydrogens is 745 g/mol. The number of allylic oxidation sites excluding steroid dienone is 10. The van der Waals surface area contributed by atoms with Crippen LogP contribution in [0, 0.1) is 0 Å². The molecule has 12 heteroatoms. The zero-order valence-electron chi connectivity index (χ0n) is 35.0. The van der Waals surface area contributed by atoms with Gasteiger partial charge in [0.2, 0.25) is 0 Å². The molecule has 326 valence electrons. The van der Waals surface area contributed by atoms with E-state index in [0.717, 1.165) is 44.9 Å². The molecule has 0 aliphatic heterocycles. The first-order valence-electron chi connectivity index (χ1n) is 21.3. The smallest absolute Gasteiger partial charge is 0.462 e. The lowest BCUT2D eigenvalue weighted by molar-refractivity contribution is -0.161. The Morgan fingerprint density at radius 1 is 0.649 bits per heavy atom. The molecule has 0 saturated carbocycles. The molecular formula is C45H76NO10P. The summed E-state index contributed by atoms with van der Waals surface area (Å²) >= 11 is 0. The van der Waals surface area contributed by atoms with Gasteiger partial charge in [0.15, 0.2) is 6.10 Å². The molecule has 0 aliphatic rings. The van der Waals surface area contributed by atoms with E-state index in [-0.39, 0.29) is 32.6 Å². The van der Waals surface area contributed by atoms with Crippen molar-refractivity contribution in [3.05, 3.63) is 85.1 Å². The van der Waals surface area contributed by atoms with Gasteiger partial charge < -0.3 is 30.3 Å². The normalized spacial score (nSPS) is 15.3. The molecule has 57 heavy (non-hydrogen) atoms. The molecule has 0 aromatic carbocycles. The summed E-state index contributed by atoms with van der Waals surface area (Å²) in [6.07, 6.45) is 42.6. The van der Waals surface area contributed by atoms with Crippen LogP contribution in [0.25, 0.3) is 0 Å². The first kappa shape index (κ1) is 54.1. The number of ether oxygens (including phenoxy) is 2. The largest absolute Gasteiger partial charge is 0.472 e. The minimum absolute atomic E-state index is 0.0146. The Balaban J connectivity index is 4.47. The van der Waals surface area contributed by atoms with Crippen LogP contribution in [-0.2, 0) is 32.7 Å². The fourth-order valence-electron chi connectivity index (χ4n) is 5.25.